The van der Waals surface area contributed by atoms with Gasteiger partial charge in [-0.15, -0.1) is 0 Å². The number of hydrogen-bond donors (Lipinski definition) is 3. The van der Waals surface area contributed by atoms with Gasteiger partial charge in [-0.25, -0.2) is 14.6 Å². The summed E-state index contributed by atoms with van der Waals surface area (Å²) < 4.78 is 9.65. The van der Waals surface area contributed by atoms with Gasteiger partial charge in [-0.2, -0.15) is 0 Å². The Balaban J connectivity index is 1.06. The van der Waals surface area contributed by atoms with Gasteiger partial charge in [-0.1, -0.05) is 95.4 Å². The number of imidazole rings is 1. The fourth-order valence-electron chi connectivity index (χ4n) is 9.20. The summed E-state index contributed by atoms with van der Waals surface area (Å²) in [4.78, 5) is 72.4. The molecule has 1 saturated carbocycles. The molecule has 0 bridgehead atoms. The Hall–Kier alpha value is -5.37. The third-order valence-electron chi connectivity index (χ3n) is 12.9. The highest BCUT2D eigenvalue weighted by Gasteiger charge is 2.44. The van der Waals surface area contributed by atoms with Crippen LogP contribution >= 0.6 is 0 Å². The summed E-state index contributed by atoms with van der Waals surface area (Å²) in [5.41, 5.74) is 7.77. The maximum absolute atomic E-state index is 14.0. The van der Waals surface area contributed by atoms with Crippen molar-refractivity contribution in [2.75, 3.05) is 20.8 Å². The van der Waals surface area contributed by atoms with E-state index in [-0.39, 0.29) is 41.4 Å². The van der Waals surface area contributed by atoms with Crippen LogP contribution in [0, 0.1) is 17.8 Å². The molecule has 2 aromatic heterocycles. The van der Waals surface area contributed by atoms with Gasteiger partial charge in [-0.05, 0) is 61.1 Å². The monoisotopic (exact) mass is 847 g/mol. The van der Waals surface area contributed by atoms with Crippen LogP contribution in [0.15, 0.2) is 60.9 Å². The summed E-state index contributed by atoms with van der Waals surface area (Å²) in [5, 5.41) is 5.52. The molecule has 5 unspecified atom stereocenters. The Morgan fingerprint density at radius 2 is 1.36 bits per heavy atom. The van der Waals surface area contributed by atoms with Gasteiger partial charge >= 0.3 is 12.2 Å². The molecule has 7 rings (SSSR count). The molecule has 324 valence electrons. The van der Waals surface area contributed by atoms with Crippen LogP contribution in [0.4, 0.5) is 9.59 Å². The quantitative estimate of drug-likeness (QED) is 0.111. The number of hydrogen-bond acceptors (Lipinski definition) is 9. The number of ether oxygens (including phenoxy) is 2. The Bertz CT molecular complexity index is 2200. The zero-order valence-electron chi connectivity index (χ0n) is 36.8. The van der Waals surface area contributed by atoms with Crippen LogP contribution in [-0.4, -0.2) is 89.6 Å². The minimum atomic E-state index is -1.56. The standard InChI is InChI=1S/C47H61N7O6Si/c1-27(2)39(52-46(57)59-5)43(55)34-21-23-61(7,8)26-35(34)37-25-48-36(24-49-37)31-15-11-29(12-16-31)30-13-17-32(18-14-30)41-42(33-19-20-33)51-44(50-41)38-10-9-22-54(38)45(56)40(28(3)4)53-47(58)60-6/h11-18,24-25,27-28,33-35,38-40H,9-10,19-23,26H2,1-8H3,(H,50,51)(H,52,57)(H,53,58). The zero-order valence-corrected chi connectivity index (χ0v) is 37.8. The van der Waals surface area contributed by atoms with E-state index >= 15 is 0 Å². The van der Waals surface area contributed by atoms with E-state index < -0.39 is 32.3 Å². The van der Waals surface area contributed by atoms with Crippen molar-refractivity contribution in [1.82, 2.24) is 35.5 Å². The Morgan fingerprint density at radius 1 is 0.770 bits per heavy atom. The summed E-state index contributed by atoms with van der Waals surface area (Å²) in [5.74, 6) is 0.660. The summed E-state index contributed by atoms with van der Waals surface area (Å²) in [6.45, 7) is 13.1. The number of Topliss-reactive ketones (excluding diaryl/α,β-unsaturated/α-hetero) is 1. The average Bonchev–Trinajstić information content (AvgIpc) is 3.81. The van der Waals surface area contributed by atoms with Gasteiger partial charge < -0.3 is 30.0 Å². The molecule has 14 heteroatoms. The number of alkyl carbamates (subject to hydrolysis) is 2. The molecular weight excluding hydrogens is 787 g/mol. The first-order valence-corrected chi connectivity index (χ1v) is 25.3. The summed E-state index contributed by atoms with van der Waals surface area (Å²) in [6.07, 6.45) is 7.10. The first-order valence-electron chi connectivity index (χ1n) is 21.8. The van der Waals surface area contributed by atoms with Crippen molar-refractivity contribution in [1.29, 1.82) is 0 Å². The lowest BCUT2D eigenvalue weighted by Crippen LogP contribution is -2.51. The molecule has 4 aromatic rings. The van der Waals surface area contributed by atoms with Crippen LogP contribution in [0.1, 0.15) is 94.9 Å². The van der Waals surface area contributed by atoms with E-state index in [2.05, 4.69) is 77.2 Å². The molecule has 61 heavy (non-hydrogen) atoms. The minimum absolute atomic E-state index is 0.0400. The maximum Gasteiger partial charge on any atom is 0.407 e. The second-order valence-corrected chi connectivity index (χ2v) is 23.8. The number of aromatic nitrogens is 4. The van der Waals surface area contributed by atoms with Crippen molar-refractivity contribution in [3.05, 3.63) is 78.1 Å². The van der Waals surface area contributed by atoms with E-state index in [1.807, 2.05) is 45.0 Å². The molecule has 2 aromatic carbocycles. The van der Waals surface area contributed by atoms with E-state index in [0.717, 1.165) is 95.0 Å². The van der Waals surface area contributed by atoms with E-state index in [9.17, 15) is 19.2 Å². The van der Waals surface area contributed by atoms with Gasteiger partial charge in [0.2, 0.25) is 5.91 Å². The number of ketones is 1. The molecule has 0 spiro atoms. The largest absolute Gasteiger partial charge is 0.453 e. The van der Waals surface area contributed by atoms with Gasteiger partial charge in [0.15, 0.2) is 5.78 Å². The number of H-pyrrole nitrogens is 1. The first kappa shape index (κ1) is 43.7. The molecular formula is C47H61N7O6Si. The van der Waals surface area contributed by atoms with Crippen molar-refractivity contribution in [2.24, 2.45) is 17.8 Å². The lowest BCUT2D eigenvalue weighted by molar-refractivity contribution is -0.135. The average molecular weight is 848 g/mol. The number of benzene rings is 2. The molecule has 3 aliphatic rings. The topological polar surface area (TPSA) is 168 Å². The first-order chi connectivity index (χ1) is 29.2. The Labute approximate surface area is 360 Å². The Morgan fingerprint density at radius 3 is 1.92 bits per heavy atom. The van der Waals surface area contributed by atoms with Crippen molar-refractivity contribution in [2.45, 2.75) is 115 Å². The molecule has 2 saturated heterocycles. The normalized spacial score (nSPS) is 20.9. The molecule has 13 nitrogen and oxygen atoms in total. The van der Waals surface area contributed by atoms with Crippen LogP contribution in [0.5, 0.6) is 0 Å². The SMILES string of the molecule is COC(=O)NC(C(=O)C1CC[Si](C)(C)CC1c1cnc(-c2ccc(-c3ccc(-c4nc(C5CCCN5C(=O)C(NC(=O)OC)C(C)C)[nH]c4C4CC4)cc3)cc2)cn1)C(C)C. The van der Waals surface area contributed by atoms with Gasteiger partial charge in [0.05, 0.1) is 49.6 Å². The van der Waals surface area contributed by atoms with Crippen LogP contribution in [0.3, 0.4) is 0 Å². The number of amides is 3. The number of carbonyl (C=O) groups excluding carboxylic acids is 4. The van der Waals surface area contributed by atoms with Crippen molar-refractivity contribution < 1.29 is 28.7 Å². The number of carbonyl (C=O) groups is 4. The second kappa shape index (κ2) is 18.3. The van der Waals surface area contributed by atoms with Crippen LogP contribution in [-0.2, 0) is 19.1 Å². The predicted molar refractivity (Wildman–Crippen MR) is 237 cm³/mol. The highest BCUT2D eigenvalue weighted by molar-refractivity contribution is 6.77. The number of nitrogens with zero attached hydrogens (tertiary/aromatic N) is 4. The molecule has 0 radical (unpaired) electrons. The minimum Gasteiger partial charge on any atom is -0.453 e. The fraction of sp³-hybridized carbons (Fsp3) is 0.511. The van der Waals surface area contributed by atoms with Crippen molar-refractivity contribution >= 4 is 32.0 Å². The molecule has 5 atom stereocenters. The van der Waals surface area contributed by atoms with Crippen molar-refractivity contribution in [3.63, 3.8) is 0 Å². The van der Waals surface area contributed by atoms with Gasteiger partial charge in [0.1, 0.15) is 11.9 Å². The molecule has 2 aliphatic heterocycles. The molecule has 1 aliphatic carbocycles. The Kier molecular flexibility index (Phi) is 13.1. The number of methoxy groups -OCH3 is 2. The second-order valence-electron chi connectivity index (χ2n) is 18.6. The van der Waals surface area contributed by atoms with E-state index in [0.29, 0.717) is 12.5 Å². The van der Waals surface area contributed by atoms with Gasteiger partial charge in [-0.3, -0.25) is 19.6 Å². The smallest absolute Gasteiger partial charge is 0.407 e. The van der Waals surface area contributed by atoms with E-state index in [4.69, 9.17) is 24.4 Å². The number of aromatic amines is 1. The molecule has 3 fully saturated rings. The van der Waals surface area contributed by atoms with Crippen LogP contribution in [0.2, 0.25) is 25.2 Å². The summed E-state index contributed by atoms with van der Waals surface area (Å²) in [7, 11) is 1.06. The fourth-order valence-corrected chi connectivity index (χ4v) is 12.2. The van der Waals surface area contributed by atoms with E-state index in [1.165, 1.54) is 14.2 Å². The third kappa shape index (κ3) is 9.74. The predicted octanol–water partition coefficient (Wildman–Crippen LogP) is 8.88. The number of likely N-dealkylation sites (tertiary alicyclic amines) is 1. The van der Waals surface area contributed by atoms with Gasteiger partial charge in [0, 0.05) is 55.4 Å². The van der Waals surface area contributed by atoms with Crippen molar-refractivity contribution in [3.8, 4) is 33.6 Å². The van der Waals surface area contributed by atoms with E-state index in [1.54, 1.807) is 0 Å². The van der Waals surface area contributed by atoms with Gasteiger partial charge in [0.25, 0.3) is 0 Å². The lowest BCUT2D eigenvalue weighted by atomic mass is 9.80. The number of rotatable bonds is 13. The lowest BCUT2D eigenvalue weighted by Gasteiger charge is -2.40. The maximum atomic E-state index is 14.0. The highest BCUT2D eigenvalue weighted by Crippen LogP contribution is 2.46. The summed E-state index contributed by atoms with van der Waals surface area (Å²) in [6, 6.07) is 17.3. The molecule has 4 heterocycles. The third-order valence-corrected chi connectivity index (χ3v) is 16.1. The zero-order chi connectivity index (χ0) is 43.6. The molecule has 3 N–H and O–H groups in total. The van der Waals surface area contributed by atoms with Crippen LogP contribution < -0.4 is 10.6 Å². The highest BCUT2D eigenvalue weighted by atomic mass is 28.3. The number of nitrogens with one attached hydrogen (secondary N) is 3. The molecule has 3 amide bonds. The van der Waals surface area contributed by atoms with Crippen LogP contribution in [0.25, 0.3) is 33.6 Å². The summed E-state index contributed by atoms with van der Waals surface area (Å²) >= 11 is 0.